The molecule has 4 amide bonds. The lowest BCUT2D eigenvalue weighted by atomic mass is 9.77. The Labute approximate surface area is 418 Å². The molecule has 5 aromatic rings. The summed E-state index contributed by atoms with van der Waals surface area (Å²) in [7, 11) is 1.28. The number of imidazole rings is 2. The number of halogens is 2. The molecular weight excluding hydrogens is 923 g/mol. The summed E-state index contributed by atoms with van der Waals surface area (Å²) in [5.74, 6) is -0.785. The average Bonchev–Trinajstić information content (AvgIpc) is 4.22. The summed E-state index contributed by atoms with van der Waals surface area (Å²) in [6.45, 7) is 9.66. The Bertz CT molecular complexity index is 2830. The third kappa shape index (κ3) is 9.29. The SMILES string of the molecule is COC(=O)N[C@H](C(=O)N1CCC[C@H]1c1nc2cc([C@H]3CC[C@H](c4ccc5[nH]c([C@@H]6CCCN6C(=O)[C@@H](NC(=O)O)C(C)C)nc5c4)N3c3cc(F)c(N4CCC5(CCCC5)CC4)c(F)c3)ccc2[nH]1)C(C)C. The van der Waals surface area contributed by atoms with Crippen molar-refractivity contribution >= 4 is 57.4 Å². The van der Waals surface area contributed by atoms with E-state index in [1.807, 2.05) is 69.0 Å². The van der Waals surface area contributed by atoms with E-state index in [2.05, 4.69) is 25.5 Å². The molecule has 5 aliphatic rings. The van der Waals surface area contributed by atoms with Gasteiger partial charge in [-0.2, -0.15) is 0 Å². The molecule has 0 unspecified atom stereocenters. The molecular formula is C54H68F2N10O6. The average molecular weight is 991 g/mol. The molecule has 5 fully saturated rings. The highest BCUT2D eigenvalue weighted by Crippen LogP contribution is 2.51. The maximum atomic E-state index is 16.7. The number of nitrogens with one attached hydrogen (secondary N) is 4. The van der Waals surface area contributed by atoms with E-state index in [-0.39, 0.29) is 53.5 Å². The van der Waals surface area contributed by atoms with E-state index in [1.54, 1.807) is 9.80 Å². The standard InChI is InChI=1S/C54H68F2N10O6/c1-30(2)45(61-52(69)70)50(67)64-22-8-10-43(64)48-57-37-14-12-32(26-39(37)59-48)41-16-17-42(66(41)34-28-35(55)47(36(56)29-34)63-24-20-54(21-25-63)18-6-7-19-54)33-13-15-38-40(27-33)60-49(58-38)44-11-9-23-65(44)51(68)46(31(3)4)62-53(71)72-5/h12-15,26-31,41-46,61H,6-11,16-25H2,1-5H3,(H,57,59)(H,58,60)(H,62,71)(H,69,70)/t41-,42-,43+,44+,45+,46+/m1/s1. The first-order valence-corrected chi connectivity index (χ1v) is 26.1. The van der Waals surface area contributed by atoms with Crippen LogP contribution in [0.1, 0.15) is 152 Å². The van der Waals surface area contributed by atoms with E-state index in [9.17, 15) is 24.3 Å². The van der Waals surface area contributed by atoms with Crippen LogP contribution >= 0.6 is 0 Å². The van der Waals surface area contributed by atoms with Crippen LogP contribution in [0.3, 0.4) is 0 Å². The number of aromatic amines is 2. The number of likely N-dealkylation sites (tertiary alicyclic amines) is 2. The summed E-state index contributed by atoms with van der Waals surface area (Å²) in [5.41, 5.74) is 5.60. The van der Waals surface area contributed by atoms with Gasteiger partial charge in [0.05, 0.1) is 53.3 Å². The van der Waals surface area contributed by atoms with Crippen LogP contribution in [0, 0.1) is 28.9 Å². The maximum Gasteiger partial charge on any atom is 0.407 e. The number of carboxylic acid groups (broad SMARTS) is 1. The van der Waals surface area contributed by atoms with Crippen molar-refractivity contribution in [2.75, 3.05) is 43.1 Å². The van der Waals surface area contributed by atoms with E-state index in [0.29, 0.717) is 85.6 Å². The first-order valence-electron chi connectivity index (χ1n) is 26.1. The number of fused-ring (bicyclic) bond motifs is 2. The molecule has 72 heavy (non-hydrogen) atoms. The van der Waals surface area contributed by atoms with Gasteiger partial charge in [-0.3, -0.25) is 9.59 Å². The van der Waals surface area contributed by atoms with Crippen molar-refractivity contribution < 1.29 is 37.8 Å². The van der Waals surface area contributed by atoms with Crippen molar-refractivity contribution in [3.05, 3.63) is 82.9 Å². The third-order valence-electron chi connectivity index (χ3n) is 16.6. The second-order valence-corrected chi connectivity index (χ2v) is 21.7. The molecule has 1 aliphatic carbocycles. The summed E-state index contributed by atoms with van der Waals surface area (Å²) < 4.78 is 38.3. The lowest BCUT2D eigenvalue weighted by Gasteiger charge is -2.41. The zero-order valence-corrected chi connectivity index (χ0v) is 42.0. The van der Waals surface area contributed by atoms with E-state index in [1.165, 1.54) is 44.9 Å². The second-order valence-electron chi connectivity index (χ2n) is 21.7. The molecule has 16 nitrogen and oxygen atoms in total. The maximum absolute atomic E-state index is 16.7. The predicted molar refractivity (Wildman–Crippen MR) is 269 cm³/mol. The van der Waals surface area contributed by atoms with E-state index in [0.717, 1.165) is 47.8 Å². The van der Waals surface area contributed by atoms with Crippen molar-refractivity contribution in [2.45, 2.75) is 141 Å². The first kappa shape index (κ1) is 49.1. The van der Waals surface area contributed by atoms with E-state index >= 15 is 8.78 Å². The van der Waals surface area contributed by atoms with Crippen LogP contribution in [0.4, 0.5) is 29.7 Å². The van der Waals surface area contributed by atoms with Gasteiger partial charge in [-0.1, -0.05) is 52.7 Å². The number of aromatic nitrogens is 4. The van der Waals surface area contributed by atoms with Gasteiger partial charge in [-0.25, -0.2) is 28.3 Å². The normalized spacial score (nSPS) is 23.0. The minimum Gasteiger partial charge on any atom is -0.465 e. The van der Waals surface area contributed by atoms with Gasteiger partial charge >= 0.3 is 12.2 Å². The van der Waals surface area contributed by atoms with E-state index in [4.69, 9.17) is 14.7 Å². The van der Waals surface area contributed by atoms with Crippen LogP contribution < -0.4 is 20.4 Å². The molecule has 5 N–H and O–H groups in total. The summed E-state index contributed by atoms with van der Waals surface area (Å²) in [6.07, 6.45) is 9.04. The van der Waals surface area contributed by atoms with Crippen molar-refractivity contribution in [2.24, 2.45) is 17.3 Å². The van der Waals surface area contributed by atoms with Gasteiger partial charge in [0.25, 0.3) is 0 Å². The molecule has 6 heterocycles. The summed E-state index contributed by atoms with van der Waals surface area (Å²) >= 11 is 0. The minimum atomic E-state index is -1.25. The first-order chi connectivity index (χ1) is 34.6. The number of H-pyrrole nitrogens is 2. The third-order valence-corrected chi connectivity index (χ3v) is 16.6. The smallest absolute Gasteiger partial charge is 0.407 e. The van der Waals surface area contributed by atoms with Crippen molar-refractivity contribution in [3.63, 3.8) is 0 Å². The lowest BCUT2D eigenvalue weighted by molar-refractivity contribution is -0.136. The van der Waals surface area contributed by atoms with Crippen LogP contribution in [0.25, 0.3) is 22.1 Å². The summed E-state index contributed by atoms with van der Waals surface area (Å²) in [6, 6.07) is 12.2. The number of amides is 4. The number of alkyl carbamates (subject to hydrolysis) is 1. The minimum absolute atomic E-state index is 0.0352. The molecule has 10 rings (SSSR count). The molecule has 4 aliphatic heterocycles. The van der Waals surface area contributed by atoms with Gasteiger partial charge in [0.2, 0.25) is 11.8 Å². The fraction of sp³-hybridized carbons (Fsp3) is 0.556. The van der Waals surface area contributed by atoms with Crippen LogP contribution in [0.5, 0.6) is 0 Å². The largest absolute Gasteiger partial charge is 0.465 e. The Hall–Kier alpha value is -6.46. The number of anilines is 2. The number of piperidine rings is 1. The van der Waals surface area contributed by atoms with Gasteiger partial charge in [0.15, 0.2) is 11.6 Å². The molecule has 384 valence electrons. The number of nitrogens with zero attached hydrogens (tertiary/aromatic N) is 6. The van der Waals surface area contributed by atoms with Crippen molar-refractivity contribution in [3.8, 4) is 0 Å². The fourth-order valence-electron chi connectivity index (χ4n) is 12.8. The molecule has 18 heteroatoms. The number of carbonyl (C=O) groups is 4. The van der Waals surface area contributed by atoms with Crippen molar-refractivity contribution in [1.29, 1.82) is 0 Å². The number of benzene rings is 3. The summed E-state index contributed by atoms with van der Waals surface area (Å²) in [5, 5.41) is 14.6. The second kappa shape index (κ2) is 19.9. The van der Waals surface area contributed by atoms with Crippen LogP contribution in [0.15, 0.2) is 48.5 Å². The molecule has 1 saturated carbocycles. The topological polar surface area (TPSA) is 192 Å². The molecule has 3 aromatic carbocycles. The van der Waals surface area contributed by atoms with Crippen LogP contribution in [0.2, 0.25) is 0 Å². The highest BCUT2D eigenvalue weighted by molar-refractivity contribution is 5.87. The van der Waals surface area contributed by atoms with Gasteiger partial charge in [-0.15, -0.1) is 0 Å². The van der Waals surface area contributed by atoms with Crippen LogP contribution in [-0.4, -0.2) is 104 Å². The van der Waals surface area contributed by atoms with E-state index < -0.39 is 35.9 Å². The Morgan fingerprint density at radius 2 is 1.15 bits per heavy atom. The zero-order valence-electron chi connectivity index (χ0n) is 42.0. The number of hydrogen-bond acceptors (Lipinski definition) is 9. The van der Waals surface area contributed by atoms with Gasteiger partial charge in [0.1, 0.15) is 29.4 Å². The number of ether oxygens (including phenoxy) is 1. The molecule has 4 saturated heterocycles. The number of rotatable bonds is 12. The molecule has 0 bridgehead atoms. The number of carbonyl (C=O) groups excluding carboxylic acids is 3. The molecule has 0 radical (unpaired) electrons. The summed E-state index contributed by atoms with van der Waals surface area (Å²) in [4.78, 5) is 76.2. The van der Waals surface area contributed by atoms with Crippen molar-refractivity contribution in [1.82, 2.24) is 40.4 Å². The molecule has 2 aromatic heterocycles. The molecule has 6 atom stereocenters. The lowest BCUT2D eigenvalue weighted by Crippen LogP contribution is -2.51. The van der Waals surface area contributed by atoms with Gasteiger partial charge in [-0.05, 0) is 129 Å². The Balaban J connectivity index is 0.969. The monoisotopic (exact) mass is 991 g/mol. The highest BCUT2D eigenvalue weighted by atomic mass is 19.1. The highest BCUT2D eigenvalue weighted by Gasteiger charge is 2.42. The predicted octanol–water partition coefficient (Wildman–Crippen LogP) is 9.96. The number of hydrogen-bond donors (Lipinski definition) is 5. The fourth-order valence-corrected chi connectivity index (χ4v) is 12.8. The van der Waals surface area contributed by atoms with Gasteiger partial charge in [0, 0.05) is 31.9 Å². The zero-order chi connectivity index (χ0) is 50.6. The Morgan fingerprint density at radius 1 is 0.667 bits per heavy atom. The quantitative estimate of drug-likeness (QED) is 0.0804. The molecule has 1 spiro atoms. The van der Waals surface area contributed by atoms with Crippen LogP contribution in [-0.2, 0) is 14.3 Å². The van der Waals surface area contributed by atoms with Gasteiger partial charge < -0.3 is 50.0 Å². The Morgan fingerprint density at radius 3 is 1.61 bits per heavy atom. The number of methoxy groups -OCH3 is 1. The Kier molecular flexibility index (Phi) is 13.6.